The third-order valence-corrected chi connectivity index (χ3v) is 4.57. The number of anilines is 2. The summed E-state index contributed by atoms with van der Waals surface area (Å²) in [5, 5.41) is 3.77. The maximum atomic E-state index is 5.84. The summed E-state index contributed by atoms with van der Waals surface area (Å²) in [6.07, 6.45) is 2.53. The maximum Gasteiger partial charge on any atom is 0.151 e. The fourth-order valence-electron chi connectivity index (χ4n) is 1.83. The molecule has 0 aliphatic carbocycles. The summed E-state index contributed by atoms with van der Waals surface area (Å²) in [4.78, 5) is 4.18. The zero-order valence-electron chi connectivity index (χ0n) is 9.29. The lowest BCUT2D eigenvalue weighted by atomic mass is 10.1. The van der Waals surface area contributed by atoms with Crippen LogP contribution in [0.1, 0.15) is 19.8 Å². The van der Waals surface area contributed by atoms with Gasteiger partial charge in [-0.05, 0) is 37.7 Å². The summed E-state index contributed by atoms with van der Waals surface area (Å²) in [6.45, 7) is 3.16. The van der Waals surface area contributed by atoms with Crippen molar-refractivity contribution < 1.29 is 0 Å². The molecule has 1 aromatic rings. The van der Waals surface area contributed by atoms with E-state index in [0.717, 1.165) is 6.54 Å². The van der Waals surface area contributed by atoms with Crippen LogP contribution < -0.4 is 11.1 Å². The second-order valence-corrected chi connectivity index (χ2v) is 6.40. The largest absolute Gasteiger partial charge is 0.396 e. The number of aromatic nitrogens is 1. The fraction of sp³-hybridized carbons (Fsp3) is 0.545. The van der Waals surface area contributed by atoms with Gasteiger partial charge in [-0.2, -0.15) is 11.8 Å². The average molecular weight is 258 g/mol. The number of hydrogen-bond acceptors (Lipinski definition) is 4. The summed E-state index contributed by atoms with van der Waals surface area (Å²) >= 11 is 7.84. The Morgan fingerprint density at radius 3 is 3.12 bits per heavy atom. The first-order valence-electron chi connectivity index (χ1n) is 5.39. The first-order valence-corrected chi connectivity index (χ1v) is 6.75. The smallest absolute Gasteiger partial charge is 0.151 e. The summed E-state index contributed by atoms with van der Waals surface area (Å²) in [5.74, 6) is 1.94. The van der Waals surface area contributed by atoms with Crippen LogP contribution in [0.2, 0.25) is 5.15 Å². The molecule has 1 aromatic heterocycles. The van der Waals surface area contributed by atoms with E-state index in [1.165, 1.54) is 18.6 Å². The van der Waals surface area contributed by atoms with Gasteiger partial charge in [0, 0.05) is 11.3 Å². The molecule has 3 N–H and O–H groups in total. The second-order valence-electron chi connectivity index (χ2n) is 4.33. The Labute approximate surface area is 105 Å². The molecule has 1 fully saturated rings. The summed E-state index contributed by atoms with van der Waals surface area (Å²) in [5.41, 5.74) is 6.48. The van der Waals surface area contributed by atoms with Crippen molar-refractivity contribution in [3.05, 3.63) is 17.3 Å². The molecule has 0 aromatic carbocycles. The van der Waals surface area contributed by atoms with Crippen molar-refractivity contribution in [3.8, 4) is 0 Å². The van der Waals surface area contributed by atoms with Gasteiger partial charge in [0.2, 0.25) is 0 Å². The van der Waals surface area contributed by atoms with Crippen LogP contribution in [0.4, 0.5) is 11.5 Å². The van der Waals surface area contributed by atoms with Gasteiger partial charge in [0.15, 0.2) is 5.82 Å². The van der Waals surface area contributed by atoms with Crippen LogP contribution in [0.25, 0.3) is 0 Å². The average Bonchev–Trinajstić information content (AvgIpc) is 2.67. The van der Waals surface area contributed by atoms with Gasteiger partial charge >= 0.3 is 0 Å². The number of nitrogens with zero attached hydrogens (tertiary/aromatic N) is 1. The first kappa shape index (κ1) is 11.9. The molecule has 0 saturated carbocycles. The second kappa shape index (κ2) is 4.72. The lowest BCUT2D eigenvalue weighted by Gasteiger charge is -2.23. The number of halogens is 1. The van der Waals surface area contributed by atoms with Gasteiger partial charge in [0.05, 0.1) is 5.69 Å². The van der Waals surface area contributed by atoms with E-state index in [2.05, 4.69) is 17.2 Å². The van der Waals surface area contributed by atoms with E-state index < -0.39 is 0 Å². The van der Waals surface area contributed by atoms with Gasteiger partial charge in [-0.15, -0.1) is 0 Å². The molecule has 1 aliphatic rings. The van der Waals surface area contributed by atoms with Gasteiger partial charge in [0.1, 0.15) is 5.15 Å². The highest BCUT2D eigenvalue weighted by Crippen LogP contribution is 2.37. The van der Waals surface area contributed by atoms with Crippen molar-refractivity contribution in [1.29, 1.82) is 0 Å². The van der Waals surface area contributed by atoms with E-state index >= 15 is 0 Å². The summed E-state index contributed by atoms with van der Waals surface area (Å²) in [7, 11) is 0. The molecule has 0 amide bonds. The summed E-state index contributed by atoms with van der Waals surface area (Å²) < 4.78 is 0.302. The van der Waals surface area contributed by atoms with Crippen molar-refractivity contribution in [1.82, 2.24) is 4.98 Å². The van der Waals surface area contributed by atoms with Crippen LogP contribution >= 0.6 is 23.4 Å². The molecule has 2 heterocycles. The highest BCUT2D eigenvalue weighted by atomic mass is 35.5. The van der Waals surface area contributed by atoms with Crippen LogP contribution in [0.5, 0.6) is 0 Å². The number of nitrogen functional groups attached to an aromatic ring is 1. The van der Waals surface area contributed by atoms with Crippen molar-refractivity contribution in [2.24, 2.45) is 0 Å². The minimum absolute atomic E-state index is 0.302. The van der Waals surface area contributed by atoms with Crippen molar-refractivity contribution in [2.75, 3.05) is 23.3 Å². The zero-order valence-corrected chi connectivity index (χ0v) is 10.9. The molecule has 88 valence electrons. The van der Waals surface area contributed by atoms with Crippen molar-refractivity contribution in [2.45, 2.75) is 24.5 Å². The SMILES string of the molecule is CC1(CNc2nc(Cl)ccc2N)CCCS1. The maximum absolute atomic E-state index is 5.84. The molecule has 1 atom stereocenters. The topological polar surface area (TPSA) is 50.9 Å². The van der Waals surface area contributed by atoms with Gasteiger partial charge in [-0.25, -0.2) is 4.98 Å². The van der Waals surface area contributed by atoms with Crippen LogP contribution in [-0.2, 0) is 0 Å². The molecule has 2 rings (SSSR count). The van der Waals surface area contributed by atoms with E-state index in [1.54, 1.807) is 12.1 Å². The standard InChI is InChI=1S/C11H16ClN3S/c1-11(5-2-6-16-11)7-14-10-8(13)3-4-9(12)15-10/h3-4H,2,5-7,13H2,1H3,(H,14,15). The highest BCUT2D eigenvalue weighted by Gasteiger charge is 2.29. The van der Waals surface area contributed by atoms with Gasteiger partial charge in [0.25, 0.3) is 0 Å². The van der Waals surface area contributed by atoms with E-state index in [0.29, 0.717) is 21.4 Å². The van der Waals surface area contributed by atoms with Gasteiger partial charge in [-0.1, -0.05) is 11.6 Å². The number of nitrogens with one attached hydrogen (secondary N) is 1. The molecule has 5 heteroatoms. The lowest BCUT2D eigenvalue weighted by Crippen LogP contribution is -2.27. The van der Waals surface area contributed by atoms with E-state index in [9.17, 15) is 0 Å². The van der Waals surface area contributed by atoms with Gasteiger partial charge in [-0.3, -0.25) is 0 Å². The van der Waals surface area contributed by atoms with Gasteiger partial charge < -0.3 is 11.1 Å². The number of thioether (sulfide) groups is 1. The minimum Gasteiger partial charge on any atom is -0.396 e. The normalized spacial score (nSPS) is 24.6. The zero-order chi connectivity index (χ0) is 11.6. The molecule has 0 spiro atoms. The lowest BCUT2D eigenvalue weighted by molar-refractivity contribution is 0.634. The Morgan fingerprint density at radius 2 is 2.44 bits per heavy atom. The Balaban J connectivity index is 2.01. The quantitative estimate of drug-likeness (QED) is 0.818. The first-order chi connectivity index (χ1) is 7.59. The van der Waals surface area contributed by atoms with E-state index in [4.69, 9.17) is 17.3 Å². The third-order valence-electron chi connectivity index (χ3n) is 2.82. The Bertz CT molecular complexity index is 377. The van der Waals surface area contributed by atoms with Crippen LogP contribution in [-0.4, -0.2) is 22.0 Å². The van der Waals surface area contributed by atoms with E-state index in [1.807, 2.05) is 11.8 Å². The molecule has 1 saturated heterocycles. The molecular weight excluding hydrogens is 242 g/mol. The third kappa shape index (κ3) is 2.74. The molecular formula is C11H16ClN3S. The molecule has 0 radical (unpaired) electrons. The van der Waals surface area contributed by atoms with Crippen LogP contribution in [0.3, 0.4) is 0 Å². The highest BCUT2D eigenvalue weighted by molar-refractivity contribution is 8.00. The van der Waals surface area contributed by atoms with Crippen molar-refractivity contribution >= 4 is 34.9 Å². The van der Waals surface area contributed by atoms with Crippen LogP contribution in [0, 0.1) is 0 Å². The number of pyridine rings is 1. The number of nitrogens with two attached hydrogens (primary N) is 1. The number of hydrogen-bond donors (Lipinski definition) is 2. The number of rotatable bonds is 3. The molecule has 16 heavy (non-hydrogen) atoms. The molecule has 3 nitrogen and oxygen atoms in total. The van der Waals surface area contributed by atoms with Crippen molar-refractivity contribution in [3.63, 3.8) is 0 Å². The molecule has 0 bridgehead atoms. The van der Waals surface area contributed by atoms with E-state index in [-0.39, 0.29) is 0 Å². The molecule has 1 aliphatic heterocycles. The van der Waals surface area contributed by atoms with Crippen LogP contribution in [0.15, 0.2) is 12.1 Å². The molecule has 1 unspecified atom stereocenters. The Morgan fingerprint density at radius 1 is 1.62 bits per heavy atom. The monoisotopic (exact) mass is 257 g/mol. The predicted molar refractivity (Wildman–Crippen MR) is 72.2 cm³/mol. The Kier molecular flexibility index (Phi) is 3.50. The predicted octanol–water partition coefficient (Wildman–Crippen LogP) is 3.01. The fourth-order valence-corrected chi connectivity index (χ4v) is 3.23. The Hall–Kier alpha value is -0.610. The summed E-state index contributed by atoms with van der Waals surface area (Å²) in [6, 6.07) is 3.48. The minimum atomic E-state index is 0.302.